The topological polar surface area (TPSA) is 27.8 Å². The Morgan fingerprint density at radius 1 is 1.31 bits per heavy atom. The molecule has 2 rings (SSSR count). The van der Waals surface area contributed by atoms with Crippen molar-refractivity contribution < 1.29 is 0 Å². The van der Waals surface area contributed by atoms with Gasteiger partial charge in [0.15, 0.2) is 0 Å². The van der Waals surface area contributed by atoms with E-state index in [-0.39, 0.29) is 0 Å². The Kier molecular flexibility index (Phi) is 2.57. The zero-order valence-corrected chi connectivity index (χ0v) is 8.14. The second kappa shape index (κ2) is 3.85. The number of fused-ring (bicyclic) bond motifs is 1. The fraction of sp³-hybridized carbons (Fsp3) is 0.200. The molecule has 0 aliphatic rings. The van der Waals surface area contributed by atoms with Gasteiger partial charge >= 0.3 is 0 Å². The van der Waals surface area contributed by atoms with E-state index in [2.05, 4.69) is 41.1 Å². The summed E-state index contributed by atoms with van der Waals surface area (Å²) in [4.78, 5) is 3.23. The van der Waals surface area contributed by atoms with Crippen molar-refractivity contribution in [1.29, 1.82) is 0 Å². The first-order chi connectivity index (χ1) is 6.42. The number of thiol groups is 1. The number of hydrogen-bond donors (Lipinski definition) is 3. The average Bonchev–Trinajstić information content (AvgIpc) is 2.58. The van der Waals surface area contributed by atoms with E-state index >= 15 is 0 Å². The molecule has 0 radical (unpaired) electrons. The third kappa shape index (κ3) is 1.71. The van der Waals surface area contributed by atoms with Gasteiger partial charge in [0.1, 0.15) is 0 Å². The molecule has 0 aliphatic carbocycles. The van der Waals surface area contributed by atoms with Crippen LogP contribution in [-0.4, -0.2) is 10.9 Å². The van der Waals surface area contributed by atoms with E-state index in [9.17, 15) is 0 Å². The Hall–Kier alpha value is -0.930. The number of benzene rings is 1. The van der Waals surface area contributed by atoms with Crippen LogP contribution in [0, 0.1) is 0 Å². The molecule has 13 heavy (non-hydrogen) atoms. The lowest BCUT2D eigenvalue weighted by Crippen LogP contribution is -2.09. The van der Waals surface area contributed by atoms with Gasteiger partial charge < -0.3 is 10.3 Å². The number of hydrogen-bond acceptors (Lipinski definition) is 2. The van der Waals surface area contributed by atoms with Crippen LogP contribution < -0.4 is 5.32 Å². The Bertz CT molecular complexity index is 394. The van der Waals surface area contributed by atoms with Gasteiger partial charge in [0, 0.05) is 29.5 Å². The Labute approximate surface area is 82.8 Å². The van der Waals surface area contributed by atoms with Gasteiger partial charge in [-0.25, -0.2) is 0 Å². The second-order valence-corrected chi connectivity index (χ2v) is 3.26. The largest absolute Gasteiger partial charge is 0.361 e. The molecule has 68 valence electrons. The van der Waals surface area contributed by atoms with Crippen molar-refractivity contribution >= 4 is 23.5 Å². The minimum absolute atomic E-state index is 0.708. The van der Waals surface area contributed by atoms with Crippen LogP contribution in [-0.2, 0) is 6.54 Å². The first-order valence-electron chi connectivity index (χ1n) is 4.28. The maximum Gasteiger partial charge on any atom is 0.0457 e. The van der Waals surface area contributed by atoms with Gasteiger partial charge in [-0.15, -0.1) is 0 Å². The maximum absolute atomic E-state index is 4.10. The molecule has 0 bridgehead atoms. The predicted octanol–water partition coefficient (Wildman–Crippen LogP) is 2.14. The first kappa shape index (κ1) is 8.66. The van der Waals surface area contributed by atoms with Gasteiger partial charge in [-0.2, -0.15) is 12.6 Å². The lowest BCUT2D eigenvalue weighted by atomic mass is 10.2. The van der Waals surface area contributed by atoms with E-state index in [4.69, 9.17) is 0 Å². The fourth-order valence-electron chi connectivity index (χ4n) is 1.47. The van der Waals surface area contributed by atoms with E-state index in [1.54, 1.807) is 0 Å². The van der Waals surface area contributed by atoms with Crippen molar-refractivity contribution in [2.24, 2.45) is 0 Å². The third-order valence-electron chi connectivity index (χ3n) is 2.10. The molecular formula is C10H12N2S. The van der Waals surface area contributed by atoms with E-state index in [1.807, 2.05) is 12.3 Å². The van der Waals surface area contributed by atoms with Gasteiger partial charge in [-0.1, -0.05) is 18.2 Å². The standard InChI is InChI=1S/C10H12N2S/c13-7-11-5-8-6-12-10-4-2-1-3-9(8)10/h1-4,6,11-13H,5,7H2. The number of aromatic amines is 1. The molecule has 0 amide bonds. The highest BCUT2D eigenvalue weighted by molar-refractivity contribution is 7.80. The smallest absolute Gasteiger partial charge is 0.0457 e. The first-order valence-corrected chi connectivity index (χ1v) is 4.91. The molecule has 2 aromatic rings. The molecule has 0 aliphatic heterocycles. The number of nitrogens with one attached hydrogen (secondary N) is 2. The summed E-state index contributed by atoms with van der Waals surface area (Å²) >= 11 is 4.10. The monoisotopic (exact) mass is 192 g/mol. The molecule has 0 spiro atoms. The molecule has 2 N–H and O–H groups in total. The van der Waals surface area contributed by atoms with E-state index < -0.39 is 0 Å². The van der Waals surface area contributed by atoms with Gasteiger partial charge in [-0.3, -0.25) is 0 Å². The molecule has 3 heteroatoms. The van der Waals surface area contributed by atoms with Crippen molar-refractivity contribution in [3.63, 3.8) is 0 Å². The van der Waals surface area contributed by atoms with Gasteiger partial charge in [0.25, 0.3) is 0 Å². The Balaban J connectivity index is 2.35. The van der Waals surface area contributed by atoms with Crippen LogP contribution in [0.15, 0.2) is 30.5 Å². The zero-order chi connectivity index (χ0) is 9.10. The summed E-state index contributed by atoms with van der Waals surface area (Å²) in [5.74, 6) is 0.708. The van der Waals surface area contributed by atoms with Crippen LogP contribution in [0.5, 0.6) is 0 Å². The Morgan fingerprint density at radius 3 is 3.00 bits per heavy atom. The summed E-state index contributed by atoms with van der Waals surface area (Å²) in [6.45, 7) is 0.869. The summed E-state index contributed by atoms with van der Waals surface area (Å²) in [6, 6.07) is 8.30. The second-order valence-electron chi connectivity index (χ2n) is 2.94. The molecule has 0 fully saturated rings. The van der Waals surface area contributed by atoms with Crippen molar-refractivity contribution in [2.75, 3.05) is 5.88 Å². The number of para-hydroxylation sites is 1. The summed E-state index contributed by atoms with van der Waals surface area (Å²) in [5.41, 5.74) is 2.49. The number of aromatic nitrogens is 1. The molecule has 0 saturated carbocycles. The summed E-state index contributed by atoms with van der Waals surface area (Å²) in [5, 5.41) is 4.48. The maximum atomic E-state index is 4.10. The molecule has 1 aromatic carbocycles. The van der Waals surface area contributed by atoms with Gasteiger partial charge in [-0.05, 0) is 11.6 Å². The van der Waals surface area contributed by atoms with Gasteiger partial charge in [0.05, 0.1) is 0 Å². The molecule has 2 nitrogen and oxygen atoms in total. The van der Waals surface area contributed by atoms with Crippen molar-refractivity contribution in [2.45, 2.75) is 6.54 Å². The SMILES string of the molecule is SCNCc1c[nH]c2ccccc12. The van der Waals surface area contributed by atoms with E-state index in [0.29, 0.717) is 5.88 Å². The van der Waals surface area contributed by atoms with Crippen LogP contribution in [0.4, 0.5) is 0 Å². The third-order valence-corrected chi connectivity index (χ3v) is 2.33. The predicted molar refractivity (Wildman–Crippen MR) is 59.0 cm³/mol. The quantitative estimate of drug-likeness (QED) is 0.504. The van der Waals surface area contributed by atoms with Crippen LogP contribution in [0.1, 0.15) is 5.56 Å². The summed E-state index contributed by atoms with van der Waals surface area (Å²) in [6.07, 6.45) is 2.04. The molecule has 1 heterocycles. The Morgan fingerprint density at radius 2 is 2.15 bits per heavy atom. The fourth-order valence-corrected chi connectivity index (χ4v) is 1.58. The molecular weight excluding hydrogens is 180 g/mol. The highest BCUT2D eigenvalue weighted by Crippen LogP contribution is 2.16. The lowest BCUT2D eigenvalue weighted by Gasteiger charge is -1.98. The molecule has 0 saturated heterocycles. The average molecular weight is 192 g/mol. The normalized spacial score (nSPS) is 10.8. The highest BCUT2D eigenvalue weighted by atomic mass is 32.1. The number of H-pyrrole nitrogens is 1. The number of rotatable bonds is 3. The minimum atomic E-state index is 0.708. The van der Waals surface area contributed by atoms with E-state index in [1.165, 1.54) is 16.5 Å². The summed E-state index contributed by atoms with van der Waals surface area (Å²) < 4.78 is 0. The minimum Gasteiger partial charge on any atom is -0.361 e. The summed E-state index contributed by atoms with van der Waals surface area (Å²) in [7, 11) is 0. The van der Waals surface area contributed by atoms with Crippen LogP contribution in [0.25, 0.3) is 10.9 Å². The van der Waals surface area contributed by atoms with Crippen LogP contribution in [0.3, 0.4) is 0 Å². The molecule has 0 unspecified atom stereocenters. The van der Waals surface area contributed by atoms with Crippen molar-refractivity contribution in [3.05, 3.63) is 36.0 Å². The van der Waals surface area contributed by atoms with Gasteiger partial charge in [0.2, 0.25) is 0 Å². The van der Waals surface area contributed by atoms with Crippen molar-refractivity contribution in [3.8, 4) is 0 Å². The van der Waals surface area contributed by atoms with E-state index in [0.717, 1.165) is 6.54 Å². The lowest BCUT2D eigenvalue weighted by molar-refractivity contribution is 0.804. The molecule has 0 atom stereocenters. The zero-order valence-electron chi connectivity index (χ0n) is 7.25. The van der Waals surface area contributed by atoms with Crippen molar-refractivity contribution in [1.82, 2.24) is 10.3 Å². The van der Waals surface area contributed by atoms with Crippen LogP contribution in [0.2, 0.25) is 0 Å². The molecule has 1 aromatic heterocycles. The van der Waals surface area contributed by atoms with Crippen LogP contribution >= 0.6 is 12.6 Å². The highest BCUT2D eigenvalue weighted by Gasteiger charge is 2.00.